The van der Waals surface area contributed by atoms with Crippen LogP contribution in [0.4, 0.5) is 26.3 Å². The van der Waals surface area contributed by atoms with Crippen molar-refractivity contribution in [1.29, 1.82) is 0 Å². The van der Waals surface area contributed by atoms with Gasteiger partial charge in [-0.2, -0.15) is 17.6 Å². The van der Waals surface area contributed by atoms with Crippen LogP contribution < -0.4 is 0 Å². The van der Waals surface area contributed by atoms with Crippen molar-refractivity contribution in [2.45, 2.75) is 16.5 Å². The second-order valence-corrected chi connectivity index (χ2v) is 3.24. The van der Waals surface area contributed by atoms with Gasteiger partial charge in [-0.25, -0.2) is 8.78 Å². The second-order valence-electron chi connectivity index (χ2n) is 1.77. The Morgan fingerprint density at radius 2 is 1.58 bits per heavy atom. The third kappa shape index (κ3) is 5.01. The first-order chi connectivity index (χ1) is 5.15. The Hall–Kier alpha value is 0.270. The molecule has 1 atom stereocenters. The molecule has 1 unspecified atom stereocenters. The Morgan fingerprint density at radius 3 is 1.83 bits per heavy atom. The molecule has 0 heterocycles. The van der Waals surface area contributed by atoms with Crippen LogP contribution in [0, 0.1) is 0 Å². The monoisotopic (exact) mass is 308 g/mol. The van der Waals surface area contributed by atoms with E-state index in [4.69, 9.17) is 0 Å². The molecule has 0 radical (unpaired) electrons. The third-order valence-corrected chi connectivity index (χ3v) is 1.46. The number of hydrogen-bond acceptors (Lipinski definition) is 1. The predicted octanol–water partition coefficient (Wildman–Crippen LogP) is 2.89. The minimum Gasteiger partial charge on any atom is -0.324 e. The van der Waals surface area contributed by atoms with Crippen LogP contribution in [0.2, 0.25) is 0 Å². The van der Waals surface area contributed by atoms with Crippen molar-refractivity contribution in [3.63, 3.8) is 0 Å². The molecule has 0 fully saturated rings. The highest BCUT2D eigenvalue weighted by atomic mass is 127. The summed E-state index contributed by atoms with van der Waals surface area (Å²) in [7, 11) is 0. The highest BCUT2D eigenvalue weighted by Gasteiger charge is 2.42. The van der Waals surface area contributed by atoms with Gasteiger partial charge in [-0.05, 0) is 22.6 Å². The van der Waals surface area contributed by atoms with Gasteiger partial charge in [-0.15, -0.1) is 0 Å². The molecule has 0 aliphatic carbocycles. The van der Waals surface area contributed by atoms with Gasteiger partial charge in [0.05, 0.1) is 0 Å². The maximum absolute atomic E-state index is 12.3. The van der Waals surface area contributed by atoms with E-state index in [1.54, 1.807) is 0 Å². The van der Waals surface area contributed by atoms with Crippen molar-refractivity contribution >= 4 is 22.6 Å². The molecule has 0 aromatic rings. The van der Waals surface area contributed by atoms with Crippen LogP contribution >= 0.6 is 22.6 Å². The van der Waals surface area contributed by atoms with Crippen LogP contribution in [0.5, 0.6) is 0 Å². The molecule has 74 valence electrons. The highest BCUT2D eigenvalue weighted by molar-refractivity contribution is 14.1. The lowest BCUT2D eigenvalue weighted by Gasteiger charge is -2.18. The van der Waals surface area contributed by atoms with Gasteiger partial charge in [-0.1, -0.05) is 0 Å². The largest absolute Gasteiger partial charge is 0.411 e. The molecule has 0 aromatic carbocycles. The maximum atomic E-state index is 12.3. The van der Waals surface area contributed by atoms with E-state index >= 15 is 0 Å². The fourth-order valence-electron chi connectivity index (χ4n) is 0.241. The van der Waals surface area contributed by atoms with E-state index in [-0.39, 0.29) is 0 Å². The van der Waals surface area contributed by atoms with Crippen LogP contribution in [-0.4, -0.2) is 23.1 Å². The lowest BCUT2D eigenvalue weighted by atomic mass is 10.6. The number of hydrogen-bond donors (Lipinski definition) is 0. The summed E-state index contributed by atoms with van der Waals surface area (Å²) in [6, 6.07) is 0. The molecule has 0 aliphatic rings. The standard InChI is InChI=1S/C4H3F6IO/c5-2(6)4(10,11)12-1-3(7,8)9/h2H,1H2. The minimum atomic E-state index is -4.81. The average Bonchev–Trinajstić information content (AvgIpc) is 1.82. The van der Waals surface area contributed by atoms with E-state index in [0.717, 1.165) is 0 Å². The van der Waals surface area contributed by atoms with Crippen LogP contribution in [0.3, 0.4) is 0 Å². The summed E-state index contributed by atoms with van der Waals surface area (Å²) in [5, 5.41) is 0. The molecule has 0 aliphatic heterocycles. The number of rotatable bonds is 3. The molecule has 0 saturated heterocycles. The fraction of sp³-hybridized carbons (Fsp3) is 1.00. The zero-order valence-corrected chi connectivity index (χ0v) is 7.50. The summed E-state index contributed by atoms with van der Waals surface area (Å²) in [6.45, 7) is -2.03. The zero-order chi connectivity index (χ0) is 9.99. The van der Waals surface area contributed by atoms with E-state index in [2.05, 4.69) is 4.74 Å². The quantitative estimate of drug-likeness (QED) is 0.442. The van der Waals surface area contributed by atoms with Gasteiger partial charge in [0.25, 0.3) is 0 Å². The van der Waals surface area contributed by atoms with Crippen LogP contribution in [-0.2, 0) is 4.74 Å². The molecule has 0 N–H and O–H groups in total. The summed E-state index contributed by atoms with van der Waals surface area (Å²) < 4.78 is 68.9. The molecule has 0 bridgehead atoms. The Morgan fingerprint density at radius 1 is 1.17 bits per heavy atom. The van der Waals surface area contributed by atoms with E-state index in [9.17, 15) is 26.3 Å². The molecule has 0 saturated carbocycles. The highest BCUT2D eigenvalue weighted by Crippen LogP contribution is 2.32. The van der Waals surface area contributed by atoms with Gasteiger partial charge >= 0.3 is 16.5 Å². The molecule has 0 amide bonds. The van der Waals surface area contributed by atoms with E-state index < -0.39 is 23.1 Å². The lowest BCUT2D eigenvalue weighted by Crippen LogP contribution is -2.32. The summed E-state index contributed by atoms with van der Waals surface area (Å²) >= 11 is 0.467. The number of alkyl halides is 7. The van der Waals surface area contributed by atoms with Gasteiger partial charge in [0.15, 0.2) is 0 Å². The van der Waals surface area contributed by atoms with Crippen molar-refractivity contribution < 1.29 is 31.1 Å². The van der Waals surface area contributed by atoms with Gasteiger partial charge < -0.3 is 4.74 Å². The SMILES string of the molecule is FC(F)C(F)(I)OCC(F)(F)F. The molecule has 8 heteroatoms. The Balaban J connectivity index is 3.93. The van der Waals surface area contributed by atoms with Gasteiger partial charge in [0, 0.05) is 0 Å². The Labute approximate surface area is 77.2 Å². The zero-order valence-electron chi connectivity index (χ0n) is 5.34. The Bertz CT molecular complexity index is 143. The Kier molecular flexibility index (Phi) is 4.08. The summed E-state index contributed by atoms with van der Waals surface area (Å²) in [5.74, 6) is 0. The molecular weight excluding hydrogens is 305 g/mol. The average molecular weight is 308 g/mol. The summed E-state index contributed by atoms with van der Waals surface area (Å²) in [4.78, 5) is 0. The first-order valence-corrected chi connectivity index (χ1v) is 3.60. The maximum Gasteiger partial charge on any atom is 0.411 e. The van der Waals surface area contributed by atoms with Gasteiger partial charge in [0.1, 0.15) is 6.61 Å². The molecular formula is C4H3F6IO. The van der Waals surface area contributed by atoms with Crippen molar-refractivity contribution in [1.82, 2.24) is 0 Å². The fourth-order valence-corrected chi connectivity index (χ4v) is 0.397. The van der Waals surface area contributed by atoms with Crippen LogP contribution in [0.15, 0.2) is 0 Å². The van der Waals surface area contributed by atoms with Crippen LogP contribution in [0.1, 0.15) is 0 Å². The van der Waals surface area contributed by atoms with E-state index in [1.165, 1.54) is 0 Å². The number of halogens is 7. The third-order valence-electron chi connectivity index (χ3n) is 0.682. The van der Waals surface area contributed by atoms with E-state index in [0.29, 0.717) is 22.6 Å². The molecule has 12 heavy (non-hydrogen) atoms. The normalized spacial score (nSPS) is 18.0. The van der Waals surface area contributed by atoms with Crippen molar-refractivity contribution in [3.05, 3.63) is 0 Å². The minimum absolute atomic E-state index is 0.467. The van der Waals surface area contributed by atoms with Crippen molar-refractivity contribution in [3.8, 4) is 0 Å². The van der Waals surface area contributed by atoms with E-state index in [1.807, 2.05) is 0 Å². The van der Waals surface area contributed by atoms with Gasteiger partial charge in [-0.3, -0.25) is 0 Å². The topological polar surface area (TPSA) is 9.23 Å². The second kappa shape index (κ2) is 3.99. The molecule has 1 nitrogen and oxygen atoms in total. The summed E-state index contributed by atoms with van der Waals surface area (Å²) in [5.41, 5.74) is 0. The lowest BCUT2D eigenvalue weighted by molar-refractivity contribution is -0.228. The first kappa shape index (κ1) is 12.3. The van der Waals surface area contributed by atoms with Crippen molar-refractivity contribution in [2.75, 3.05) is 6.61 Å². The molecule has 0 aromatic heterocycles. The molecule has 0 spiro atoms. The predicted molar refractivity (Wildman–Crippen MR) is 35.9 cm³/mol. The summed E-state index contributed by atoms with van der Waals surface area (Å²) in [6.07, 6.45) is -8.42. The smallest absolute Gasteiger partial charge is 0.324 e. The first-order valence-electron chi connectivity index (χ1n) is 2.52. The molecule has 0 rings (SSSR count). The van der Waals surface area contributed by atoms with Gasteiger partial charge in [0.2, 0.25) is 0 Å². The van der Waals surface area contributed by atoms with Crippen molar-refractivity contribution in [2.24, 2.45) is 0 Å². The van der Waals surface area contributed by atoms with Crippen LogP contribution in [0.25, 0.3) is 0 Å². The number of ether oxygens (including phenoxy) is 1.